The molecule has 0 bridgehead atoms. The first-order chi connectivity index (χ1) is 9.82. The van der Waals surface area contributed by atoms with E-state index in [9.17, 15) is 8.42 Å². The Morgan fingerprint density at radius 3 is 2.43 bits per heavy atom. The van der Waals surface area contributed by atoms with E-state index in [1.807, 2.05) is 13.0 Å². The van der Waals surface area contributed by atoms with Crippen LogP contribution in [0.2, 0.25) is 5.02 Å². The molecular formula is C15H17ClN2O2S. The molecule has 2 rings (SSSR count). The number of hydrogen-bond acceptors (Lipinski definition) is 3. The molecule has 0 aliphatic carbocycles. The van der Waals surface area contributed by atoms with Crippen molar-refractivity contribution < 1.29 is 8.42 Å². The molecule has 21 heavy (non-hydrogen) atoms. The van der Waals surface area contributed by atoms with Crippen LogP contribution in [0.15, 0.2) is 53.4 Å². The molecule has 0 aliphatic heterocycles. The van der Waals surface area contributed by atoms with Gasteiger partial charge in [0.2, 0.25) is 10.0 Å². The first kappa shape index (κ1) is 15.8. The number of sulfonamides is 1. The summed E-state index contributed by atoms with van der Waals surface area (Å²) in [7, 11) is -2.07. The first-order valence-electron chi connectivity index (χ1n) is 6.41. The van der Waals surface area contributed by atoms with Crippen molar-refractivity contribution in [2.75, 3.05) is 12.8 Å². The number of rotatable bonds is 4. The molecule has 1 unspecified atom stereocenters. The summed E-state index contributed by atoms with van der Waals surface area (Å²) in [5.74, 6) is 0. The van der Waals surface area contributed by atoms with Crippen molar-refractivity contribution in [3.63, 3.8) is 0 Å². The van der Waals surface area contributed by atoms with E-state index in [1.54, 1.807) is 37.4 Å². The zero-order valence-electron chi connectivity index (χ0n) is 11.8. The number of benzene rings is 2. The smallest absolute Gasteiger partial charge is 0.243 e. The minimum atomic E-state index is -3.61. The number of anilines is 1. The fourth-order valence-electron chi connectivity index (χ4n) is 2.03. The van der Waals surface area contributed by atoms with Gasteiger partial charge >= 0.3 is 0 Å². The molecule has 2 N–H and O–H groups in total. The lowest BCUT2D eigenvalue weighted by atomic mass is 10.1. The van der Waals surface area contributed by atoms with E-state index in [4.69, 9.17) is 17.3 Å². The summed E-state index contributed by atoms with van der Waals surface area (Å²) in [6.45, 7) is 1.82. The van der Waals surface area contributed by atoms with Gasteiger partial charge < -0.3 is 5.73 Å². The van der Waals surface area contributed by atoms with Crippen LogP contribution in [0.5, 0.6) is 0 Å². The molecule has 0 aromatic heterocycles. The second kappa shape index (κ2) is 6.05. The Balaban J connectivity index is 2.36. The Morgan fingerprint density at radius 1 is 1.14 bits per heavy atom. The standard InChI is InChI=1S/C15H17ClN2O2S/c1-11(12-5-3-7-14(17)9-12)18(2)21(19,20)15-8-4-6-13(16)10-15/h3-11H,17H2,1-2H3. The van der Waals surface area contributed by atoms with Crippen molar-refractivity contribution in [2.24, 2.45) is 0 Å². The third-order valence-electron chi connectivity index (χ3n) is 3.41. The van der Waals surface area contributed by atoms with Gasteiger partial charge in [0.1, 0.15) is 0 Å². The lowest BCUT2D eigenvalue weighted by molar-refractivity contribution is 0.398. The molecule has 4 nitrogen and oxygen atoms in total. The second-order valence-corrected chi connectivity index (χ2v) is 7.26. The minimum absolute atomic E-state index is 0.174. The number of halogens is 1. The van der Waals surface area contributed by atoms with Crippen molar-refractivity contribution in [3.8, 4) is 0 Å². The largest absolute Gasteiger partial charge is 0.399 e. The summed E-state index contributed by atoms with van der Waals surface area (Å²) < 4.78 is 26.6. The quantitative estimate of drug-likeness (QED) is 0.878. The SMILES string of the molecule is CC(c1cccc(N)c1)N(C)S(=O)(=O)c1cccc(Cl)c1. The maximum atomic E-state index is 12.6. The molecule has 0 saturated carbocycles. The van der Waals surface area contributed by atoms with Gasteiger partial charge in [-0.2, -0.15) is 4.31 Å². The normalized spacial score (nSPS) is 13.3. The van der Waals surface area contributed by atoms with Crippen LogP contribution in [0.3, 0.4) is 0 Å². The van der Waals surface area contributed by atoms with E-state index < -0.39 is 10.0 Å². The third kappa shape index (κ3) is 3.37. The highest BCUT2D eigenvalue weighted by atomic mass is 35.5. The molecule has 0 fully saturated rings. The highest BCUT2D eigenvalue weighted by Gasteiger charge is 2.26. The number of nitrogens with two attached hydrogens (primary N) is 1. The van der Waals surface area contributed by atoms with Gasteiger partial charge in [0.15, 0.2) is 0 Å². The van der Waals surface area contributed by atoms with E-state index in [1.165, 1.54) is 16.4 Å². The van der Waals surface area contributed by atoms with Crippen LogP contribution in [0.1, 0.15) is 18.5 Å². The van der Waals surface area contributed by atoms with Crippen LogP contribution in [0.25, 0.3) is 0 Å². The minimum Gasteiger partial charge on any atom is -0.399 e. The van der Waals surface area contributed by atoms with Crippen LogP contribution in [-0.2, 0) is 10.0 Å². The van der Waals surface area contributed by atoms with Crippen molar-refractivity contribution in [1.29, 1.82) is 0 Å². The molecule has 2 aromatic rings. The van der Waals surface area contributed by atoms with Gasteiger partial charge in [-0.1, -0.05) is 29.8 Å². The average Bonchev–Trinajstić information content (AvgIpc) is 2.45. The van der Waals surface area contributed by atoms with Gasteiger partial charge in [-0.05, 0) is 42.8 Å². The van der Waals surface area contributed by atoms with Crippen LogP contribution in [-0.4, -0.2) is 19.8 Å². The maximum absolute atomic E-state index is 12.6. The van der Waals surface area contributed by atoms with E-state index in [0.717, 1.165) is 5.56 Å². The molecule has 0 radical (unpaired) electrons. The Labute approximate surface area is 130 Å². The third-order valence-corrected chi connectivity index (χ3v) is 5.57. The summed E-state index contributed by atoms with van der Waals surface area (Å²) in [6, 6.07) is 13.1. The van der Waals surface area contributed by atoms with Gasteiger partial charge in [-0.15, -0.1) is 0 Å². The average molecular weight is 325 g/mol. The summed E-state index contributed by atoms with van der Waals surface area (Å²) in [5.41, 5.74) is 7.19. The summed E-state index contributed by atoms with van der Waals surface area (Å²) in [4.78, 5) is 0.174. The zero-order chi connectivity index (χ0) is 15.6. The molecule has 2 aromatic carbocycles. The first-order valence-corrected chi connectivity index (χ1v) is 8.23. The van der Waals surface area contributed by atoms with Gasteiger partial charge in [-0.25, -0.2) is 8.42 Å². The fourth-order valence-corrected chi connectivity index (χ4v) is 3.68. The molecule has 112 valence electrons. The van der Waals surface area contributed by atoms with Crippen molar-refractivity contribution in [3.05, 3.63) is 59.1 Å². The van der Waals surface area contributed by atoms with Gasteiger partial charge in [0.25, 0.3) is 0 Å². The summed E-state index contributed by atoms with van der Waals surface area (Å²) >= 11 is 5.87. The molecule has 0 heterocycles. The van der Waals surface area contributed by atoms with Crippen molar-refractivity contribution >= 4 is 27.3 Å². The monoisotopic (exact) mass is 324 g/mol. The number of nitrogens with zero attached hydrogens (tertiary/aromatic N) is 1. The molecule has 0 spiro atoms. The molecule has 0 aliphatic rings. The number of nitrogen functional groups attached to an aromatic ring is 1. The Kier molecular flexibility index (Phi) is 4.56. The number of hydrogen-bond donors (Lipinski definition) is 1. The molecular weight excluding hydrogens is 308 g/mol. The Bertz CT molecular complexity index is 747. The van der Waals surface area contributed by atoms with Crippen LogP contribution >= 0.6 is 11.6 Å². The molecule has 6 heteroatoms. The van der Waals surface area contributed by atoms with Crippen molar-refractivity contribution in [1.82, 2.24) is 4.31 Å². The van der Waals surface area contributed by atoms with Crippen LogP contribution in [0.4, 0.5) is 5.69 Å². The predicted molar refractivity (Wildman–Crippen MR) is 85.7 cm³/mol. The summed E-state index contributed by atoms with van der Waals surface area (Å²) in [5, 5.41) is 0.390. The molecule has 0 saturated heterocycles. The van der Waals surface area contributed by atoms with Crippen molar-refractivity contribution in [2.45, 2.75) is 17.9 Å². The van der Waals surface area contributed by atoms with Gasteiger partial charge in [0.05, 0.1) is 4.90 Å². The molecule has 0 amide bonds. The Hall–Kier alpha value is -1.56. The topological polar surface area (TPSA) is 63.4 Å². The van der Waals surface area contributed by atoms with Crippen LogP contribution in [0, 0.1) is 0 Å². The summed E-state index contributed by atoms with van der Waals surface area (Å²) in [6.07, 6.45) is 0. The van der Waals surface area contributed by atoms with Gasteiger partial charge in [0, 0.05) is 23.8 Å². The second-order valence-electron chi connectivity index (χ2n) is 4.82. The highest BCUT2D eigenvalue weighted by molar-refractivity contribution is 7.89. The predicted octanol–water partition coefficient (Wildman–Crippen LogP) is 3.30. The lowest BCUT2D eigenvalue weighted by Gasteiger charge is -2.25. The van der Waals surface area contributed by atoms with Gasteiger partial charge in [-0.3, -0.25) is 0 Å². The highest BCUT2D eigenvalue weighted by Crippen LogP contribution is 2.27. The Morgan fingerprint density at radius 2 is 1.81 bits per heavy atom. The lowest BCUT2D eigenvalue weighted by Crippen LogP contribution is -2.29. The van der Waals surface area contributed by atoms with E-state index >= 15 is 0 Å². The fraction of sp³-hybridized carbons (Fsp3) is 0.200. The van der Waals surface area contributed by atoms with E-state index in [-0.39, 0.29) is 10.9 Å². The molecule has 1 atom stereocenters. The van der Waals surface area contributed by atoms with Crippen LogP contribution < -0.4 is 5.73 Å². The maximum Gasteiger partial charge on any atom is 0.243 e. The zero-order valence-corrected chi connectivity index (χ0v) is 13.4. The van der Waals surface area contributed by atoms with E-state index in [2.05, 4.69) is 0 Å². The van der Waals surface area contributed by atoms with E-state index in [0.29, 0.717) is 10.7 Å².